The van der Waals surface area contributed by atoms with E-state index >= 15 is 0 Å². The van der Waals surface area contributed by atoms with Crippen molar-refractivity contribution in [2.75, 3.05) is 19.9 Å². The average molecular weight is 455 g/mol. The molecule has 0 bridgehead atoms. The first kappa shape index (κ1) is 23.4. The molecule has 0 aliphatic heterocycles. The SMILES string of the molecule is CNC(=O)[C@@H](C)N(Cc1ccc(OC)cc1)C(=O)CSCc1ccc(Cl)cc1Cl. The van der Waals surface area contributed by atoms with Crippen LogP contribution < -0.4 is 10.1 Å². The highest BCUT2D eigenvalue weighted by molar-refractivity contribution is 7.99. The number of nitrogens with one attached hydrogen (secondary N) is 1. The summed E-state index contributed by atoms with van der Waals surface area (Å²) in [5.41, 5.74) is 1.83. The lowest BCUT2D eigenvalue weighted by Gasteiger charge is -2.28. The Morgan fingerprint density at radius 3 is 2.45 bits per heavy atom. The third-order valence-electron chi connectivity index (χ3n) is 4.42. The molecule has 5 nitrogen and oxygen atoms in total. The molecule has 2 rings (SSSR count). The topological polar surface area (TPSA) is 58.6 Å². The molecule has 1 atom stereocenters. The van der Waals surface area contributed by atoms with Crippen LogP contribution in [0.1, 0.15) is 18.1 Å². The summed E-state index contributed by atoms with van der Waals surface area (Å²) < 4.78 is 5.17. The maximum atomic E-state index is 12.9. The number of hydrogen-bond donors (Lipinski definition) is 1. The van der Waals surface area contributed by atoms with Crippen molar-refractivity contribution in [3.05, 3.63) is 63.6 Å². The number of carbonyl (C=O) groups is 2. The van der Waals surface area contributed by atoms with Crippen molar-refractivity contribution in [3.8, 4) is 5.75 Å². The maximum absolute atomic E-state index is 12.9. The number of halogens is 2. The van der Waals surface area contributed by atoms with Gasteiger partial charge in [0.05, 0.1) is 12.9 Å². The smallest absolute Gasteiger partial charge is 0.242 e. The first-order valence-corrected chi connectivity index (χ1v) is 10.9. The predicted molar refractivity (Wildman–Crippen MR) is 120 cm³/mol. The molecule has 0 fully saturated rings. The molecule has 2 aromatic carbocycles. The molecule has 2 amide bonds. The van der Waals surface area contributed by atoms with Gasteiger partial charge in [0.1, 0.15) is 11.8 Å². The standard InChI is InChI=1S/C21H24Cl2N2O3S/c1-14(21(27)24-2)25(11-15-4-8-18(28-3)9-5-15)20(26)13-29-12-16-6-7-17(22)10-19(16)23/h4-10,14H,11-13H2,1-3H3,(H,24,27)/t14-/m1/s1. The third-order valence-corrected chi connectivity index (χ3v) is 5.98. The van der Waals surface area contributed by atoms with Crippen LogP contribution in [-0.2, 0) is 21.9 Å². The number of likely N-dealkylation sites (N-methyl/N-ethyl adjacent to an activating group) is 1. The fourth-order valence-corrected chi connectivity index (χ4v) is 4.16. The zero-order valence-electron chi connectivity index (χ0n) is 16.6. The van der Waals surface area contributed by atoms with Crippen LogP contribution in [0, 0.1) is 0 Å². The zero-order chi connectivity index (χ0) is 21.4. The van der Waals surface area contributed by atoms with Crippen LogP contribution in [0.4, 0.5) is 0 Å². The number of nitrogens with zero attached hydrogens (tertiary/aromatic N) is 1. The molecule has 0 saturated carbocycles. The monoisotopic (exact) mass is 454 g/mol. The Balaban J connectivity index is 2.05. The fourth-order valence-electron chi connectivity index (χ4n) is 2.69. The van der Waals surface area contributed by atoms with Crippen LogP contribution in [0.15, 0.2) is 42.5 Å². The second-order valence-corrected chi connectivity index (χ2v) is 8.22. The van der Waals surface area contributed by atoms with E-state index in [4.69, 9.17) is 27.9 Å². The second kappa shape index (κ2) is 11.3. The summed E-state index contributed by atoms with van der Waals surface area (Å²) in [4.78, 5) is 26.6. The highest BCUT2D eigenvalue weighted by atomic mass is 35.5. The lowest BCUT2D eigenvalue weighted by molar-refractivity contribution is -0.138. The Morgan fingerprint density at radius 2 is 1.86 bits per heavy atom. The first-order chi connectivity index (χ1) is 13.8. The van der Waals surface area contributed by atoms with E-state index in [0.29, 0.717) is 22.3 Å². The van der Waals surface area contributed by atoms with Crippen LogP contribution in [0.5, 0.6) is 5.75 Å². The van der Waals surface area contributed by atoms with E-state index in [-0.39, 0.29) is 17.6 Å². The van der Waals surface area contributed by atoms with Gasteiger partial charge in [-0.2, -0.15) is 0 Å². The Bertz CT molecular complexity index is 846. The van der Waals surface area contributed by atoms with Gasteiger partial charge in [-0.3, -0.25) is 9.59 Å². The van der Waals surface area contributed by atoms with Gasteiger partial charge in [0, 0.05) is 29.4 Å². The normalized spacial score (nSPS) is 11.6. The van der Waals surface area contributed by atoms with E-state index in [2.05, 4.69) is 5.32 Å². The molecule has 0 saturated heterocycles. The quantitative estimate of drug-likeness (QED) is 0.609. The third kappa shape index (κ3) is 6.84. The van der Waals surface area contributed by atoms with Crippen molar-refractivity contribution in [3.63, 3.8) is 0 Å². The van der Waals surface area contributed by atoms with Crippen LogP contribution in [0.2, 0.25) is 10.0 Å². The average Bonchev–Trinajstić information content (AvgIpc) is 2.72. The summed E-state index contributed by atoms with van der Waals surface area (Å²) >= 11 is 13.6. The van der Waals surface area contributed by atoms with Crippen molar-refractivity contribution in [1.82, 2.24) is 10.2 Å². The minimum absolute atomic E-state index is 0.119. The first-order valence-electron chi connectivity index (χ1n) is 9.01. The van der Waals surface area contributed by atoms with Crippen LogP contribution in [0.3, 0.4) is 0 Å². The summed E-state index contributed by atoms with van der Waals surface area (Å²) in [6.45, 7) is 2.06. The number of rotatable bonds is 9. The van der Waals surface area contributed by atoms with Crippen molar-refractivity contribution >= 4 is 46.8 Å². The highest BCUT2D eigenvalue weighted by Crippen LogP contribution is 2.25. The van der Waals surface area contributed by atoms with Gasteiger partial charge in [0.2, 0.25) is 11.8 Å². The number of methoxy groups -OCH3 is 1. The molecule has 156 valence electrons. The molecule has 29 heavy (non-hydrogen) atoms. The molecule has 0 aliphatic rings. The predicted octanol–water partition coefficient (Wildman–Crippen LogP) is 4.40. The molecule has 0 unspecified atom stereocenters. The zero-order valence-corrected chi connectivity index (χ0v) is 18.9. The Morgan fingerprint density at radius 1 is 1.17 bits per heavy atom. The molecule has 0 spiro atoms. The largest absolute Gasteiger partial charge is 0.497 e. The number of carbonyl (C=O) groups excluding carboxylic acids is 2. The molecule has 1 N–H and O–H groups in total. The van der Waals surface area contributed by atoms with Gasteiger partial charge in [-0.25, -0.2) is 0 Å². The highest BCUT2D eigenvalue weighted by Gasteiger charge is 2.25. The van der Waals surface area contributed by atoms with Gasteiger partial charge in [-0.1, -0.05) is 41.4 Å². The number of ether oxygens (including phenoxy) is 1. The Hall–Kier alpha value is -1.89. The lowest BCUT2D eigenvalue weighted by atomic mass is 10.1. The fraction of sp³-hybridized carbons (Fsp3) is 0.333. The van der Waals surface area contributed by atoms with Gasteiger partial charge in [0.15, 0.2) is 0 Å². The summed E-state index contributed by atoms with van der Waals surface area (Å²) in [5, 5.41) is 3.76. The van der Waals surface area contributed by atoms with Crippen LogP contribution >= 0.6 is 35.0 Å². The molecule has 0 aliphatic carbocycles. The Kier molecular flexibility index (Phi) is 9.14. The molecular weight excluding hydrogens is 431 g/mol. The maximum Gasteiger partial charge on any atom is 0.242 e. The summed E-state index contributed by atoms with van der Waals surface area (Å²) in [5.74, 6) is 1.22. The van der Waals surface area contributed by atoms with E-state index in [1.165, 1.54) is 11.8 Å². The van der Waals surface area contributed by atoms with Crippen LogP contribution in [0.25, 0.3) is 0 Å². The summed E-state index contributed by atoms with van der Waals surface area (Å²) in [7, 11) is 3.16. The number of thioether (sulfide) groups is 1. The minimum atomic E-state index is -0.589. The number of hydrogen-bond acceptors (Lipinski definition) is 4. The molecular formula is C21H24Cl2N2O3S. The summed E-state index contributed by atoms with van der Waals surface area (Å²) in [6, 6.07) is 12.2. The van der Waals surface area contributed by atoms with Gasteiger partial charge < -0.3 is 15.0 Å². The minimum Gasteiger partial charge on any atom is -0.497 e. The second-order valence-electron chi connectivity index (χ2n) is 6.39. The van der Waals surface area contributed by atoms with Gasteiger partial charge >= 0.3 is 0 Å². The summed E-state index contributed by atoms with van der Waals surface area (Å²) in [6.07, 6.45) is 0. The van der Waals surface area contributed by atoms with E-state index in [1.807, 2.05) is 30.3 Å². The van der Waals surface area contributed by atoms with Crippen LogP contribution in [-0.4, -0.2) is 42.7 Å². The van der Waals surface area contributed by atoms with Gasteiger partial charge in [-0.05, 0) is 42.3 Å². The van der Waals surface area contributed by atoms with Crippen molar-refractivity contribution < 1.29 is 14.3 Å². The van der Waals surface area contributed by atoms with Crippen molar-refractivity contribution in [1.29, 1.82) is 0 Å². The molecule has 0 heterocycles. The number of benzene rings is 2. The van der Waals surface area contributed by atoms with E-state index in [1.54, 1.807) is 38.1 Å². The number of amides is 2. The molecule has 8 heteroatoms. The van der Waals surface area contributed by atoms with E-state index < -0.39 is 6.04 Å². The van der Waals surface area contributed by atoms with Gasteiger partial charge in [0.25, 0.3) is 0 Å². The van der Waals surface area contributed by atoms with E-state index in [9.17, 15) is 9.59 Å². The lowest BCUT2D eigenvalue weighted by Crippen LogP contribution is -2.47. The van der Waals surface area contributed by atoms with Crippen molar-refractivity contribution in [2.45, 2.75) is 25.3 Å². The molecule has 0 radical (unpaired) electrons. The Labute approximate surface area is 185 Å². The molecule has 2 aromatic rings. The molecule has 0 aromatic heterocycles. The van der Waals surface area contributed by atoms with E-state index in [0.717, 1.165) is 16.9 Å². The van der Waals surface area contributed by atoms with Crippen molar-refractivity contribution in [2.24, 2.45) is 0 Å². The van der Waals surface area contributed by atoms with Gasteiger partial charge in [-0.15, -0.1) is 11.8 Å².